The number of aliphatic hydroxyl groups excluding tert-OH is 1. The Balaban J connectivity index is 1.56. The van der Waals surface area contributed by atoms with Crippen LogP contribution in [0.4, 0.5) is 0 Å². The van der Waals surface area contributed by atoms with Crippen LogP contribution in [0.5, 0.6) is 5.75 Å². The second-order valence-electron chi connectivity index (χ2n) is 9.12. The molecular weight excluding hydrogens is 386 g/mol. The van der Waals surface area contributed by atoms with Gasteiger partial charge >= 0.3 is 0 Å². The van der Waals surface area contributed by atoms with Crippen LogP contribution >= 0.6 is 0 Å². The molecule has 160 valence electrons. The Labute approximate surface area is 183 Å². The van der Waals surface area contributed by atoms with Gasteiger partial charge in [0.2, 0.25) is 0 Å². The smallest absolute Gasteiger partial charge is 0.131 e. The number of methoxy groups -OCH3 is 1. The molecule has 1 aromatic carbocycles. The summed E-state index contributed by atoms with van der Waals surface area (Å²) in [5.41, 5.74) is 3.11. The van der Waals surface area contributed by atoms with E-state index in [1.54, 1.807) is 7.11 Å². The number of ether oxygens (including phenoxy) is 1. The lowest BCUT2D eigenvalue weighted by molar-refractivity contribution is -0.984. The Bertz CT molecular complexity index is 1090. The van der Waals surface area contributed by atoms with Crippen molar-refractivity contribution >= 4 is 10.9 Å². The number of pyridine rings is 2. The summed E-state index contributed by atoms with van der Waals surface area (Å²) in [5, 5.41) is 12.8. The fourth-order valence-electron chi connectivity index (χ4n) is 5.97. The highest BCUT2D eigenvalue weighted by molar-refractivity contribution is 5.83. The van der Waals surface area contributed by atoms with Crippen LogP contribution in [0.25, 0.3) is 10.9 Å². The molecule has 3 aliphatic heterocycles. The molecule has 0 saturated carbocycles. The molecule has 3 aliphatic rings. The van der Waals surface area contributed by atoms with Crippen LogP contribution in [-0.4, -0.2) is 45.8 Å². The van der Waals surface area contributed by atoms with Crippen molar-refractivity contribution < 1.29 is 14.3 Å². The van der Waals surface area contributed by atoms with Crippen molar-refractivity contribution in [3.63, 3.8) is 0 Å². The van der Waals surface area contributed by atoms with E-state index in [0.717, 1.165) is 52.8 Å². The topological polar surface area (TPSA) is 55.2 Å². The number of aromatic nitrogens is 2. The summed E-state index contributed by atoms with van der Waals surface area (Å²) in [7, 11) is 1.67. The maximum absolute atomic E-state index is 11.8. The predicted octanol–water partition coefficient (Wildman–Crippen LogP) is 4.28. The first-order chi connectivity index (χ1) is 15.1. The third-order valence-corrected chi connectivity index (χ3v) is 7.59. The van der Waals surface area contributed by atoms with Crippen LogP contribution in [0.15, 0.2) is 67.6 Å². The molecule has 5 heteroatoms. The minimum Gasteiger partial charge on any atom is -0.497 e. The fourth-order valence-corrected chi connectivity index (χ4v) is 5.97. The molecule has 5 heterocycles. The van der Waals surface area contributed by atoms with Crippen molar-refractivity contribution in [2.24, 2.45) is 11.8 Å². The van der Waals surface area contributed by atoms with Gasteiger partial charge in [-0.15, -0.1) is 6.58 Å². The predicted molar refractivity (Wildman–Crippen MR) is 121 cm³/mol. The Hall–Kier alpha value is -2.76. The van der Waals surface area contributed by atoms with E-state index >= 15 is 0 Å². The first kappa shape index (κ1) is 20.2. The van der Waals surface area contributed by atoms with Crippen LogP contribution in [-0.2, 0) is 6.54 Å². The highest BCUT2D eigenvalue weighted by Crippen LogP contribution is 2.48. The number of piperidine rings is 3. The average Bonchev–Trinajstić information content (AvgIpc) is 2.83. The average molecular weight is 417 g/mol. The van der Waals surface area contributed by atoms with Crippen molar-refractivity contribution in [3.8, 4) is 5.75 Å². The zero-order valence-corrected chi connectivity index (χ0v) is 18.0. The summed E-state index contributed by atoms with van der Waals surface area (Å²) in [4.78, 5) is 8.70. The molecule has 3 fully saturated rings. The summed E-state index contributed by atoms with van der Waals surface area (Å²) >= 11 is 0. The Kier molecular flexibility index (Phi) is 5.24. The number of hydrogen-bond acceptors (Lipinski definition) is 4. The monoisotopic (exact) mass is 416 g/mol. The van der Waals surface area contributed by atoms with Crippen molar-refractivity contribution in [1.82, 2.24) is 9.97 Å². The van der Waals surface area contributed by atoms with E-state index in [1.807, 2.05) is 42.9 Å². The molecule has 6 rings (SSSR count). The molecule has 3 unspecified atom stereocenters. The minimum absolute atomic E-state index is 0.139. The van der Waals surface area contributed by atoms with Crippen molar-refractivity contribution in [2.45, 2.75) is 31.5 Å². The molecule has 0 radical (unpaired) electrons. The van der Waals surface area contributed by atoms with Crippen LogP contribution < -0.4 is 4.74 Å². The highest BCUT2D eigenvalue weighted by Gasteiger charge is 2.53. The lowest BCUT2D eigenvalue weighted by atomic mass is 9.71. The molecule has 0 aliphatic carbocycles. The molecule has 0 spiro atoms. The minimum atomic E-state index is -0.562. The summed E-state index contributed by atoms with van der Waals surface area (Å²) in [6, 6.07) is 12.2. The lowest BCUT2D eigenvalue weighted by Gasteiger charge is -2.58. The number of benzene rings is 1. The van der Waals surface area contributed by atoms with Crippen LogP contribution in [0, 0.1) is 11.8 Å². The molecular formula is C26H30N3O2+. The third kappa shape index (κ3) is 3.52. The molecule has 3 aromatic rings. The summed E-state index contributed by atoms with van der Waals surface area (Å²) in [6.45, 7) is 7.16. The van der Waals surface area contributed by atoms with Gasteiger partial charge in [-0.25, -0.2) is 0 Å². The first-order valence-electron chi connectivity index (χ1n) is 11.1. The summed E-state index contributed by atoms with van der Waals surface area (Å²) < 4.78 is 6.34. The van der Waals surface area contributed by atoms with E-state index in [-0.39, 0.29) is 6.04 Å². The van der Waals surface area contributed by atoms with Crippen molar-refractivity contribution in [3.05, 3.63) is 78.8 Å². The number of hydrogen-bond donors (Lipinski definition) is 1. The van der Waals surface area contributed by atoms with Gasteiger partial charge in [-0.05, 0) is 47.9 Å². The lowest BCUT2D eigenvalue weighted by Crippen LogP contribution is -2.67. The van der Waals surface area contributed by atoms with E-state index in [4.69, 9.17) is 4.74 Å². The third-order valence-electron chi connectivity index (χ3n) is 7.59. The van der Waals surface area contributed by atoms with Gasteiger partial charge < -0.3 is 14.3 Å². The van der Waals surface area contributed by atoms with Crippen molar-refractivity contribution in [2.75, 3.05) is 20.2 Å². The zero-order valence-electron chi connectivity index (χ0n) is 18.0. The van der Waals surface area contributed by atoms with Gasteiger partial charge in [-0.2, -0.15) is 0 Å². The normalized spacial score (nSPS) is 28.4. The Morgan fingerprint density at radius 3 is 2.84 bits per heavy atom. The maximum Gasteiger partial charge on any atom is 0.131 e. The largest absolute Gasteiger partial charge is 0.497 e. The number of rotatable bonds is 6. The standard InChI is InChI=1S/C26H30N3O2/c1-3-19-17-29(16-18-6-10-27-11-7-18)13-9-20(19)14-25(29)26(30)22-8-12-28-24-5-4-21(31-2)15-23(22)24/h3-8,10-12,15,19-20,25-26,30H,1,9,13-14,16-17H2,2H3/q+1/t19?,20-,25?,26+,29?/m0/s1. The van der Waals surface area contributed by atoms with Gasteiger partial charge in [0.05, 0.1) is 25.7 Å². The van der Waals surface area contributed by atoms with Gasteiger partial charge in [0.25, 0.3) is 0 Å². The molecule has 0 amide bonds. The zero-order chi connectivity index (χ0) is 21.4. The molecule has 5 atom stereocenters. The Morgan fingerprint density at radius 2 is 2.06 bits per heavy atom. The summed E-state index contributed by atoms with van der Waals surface area (Å²) in [5.74, 6) is 1.89. The Morgan fingerprint density at radius 1 is 1.23 bits per heavy atom. The molecule has 3 saturated heterocycles. The van der Waals surface area contributed by atoms with E-state index < -0.39 is 6.10 Å². The van der Waals surface area contributed by atoms with Crippen LogP contribution in [0.1, 0.15) is 30.1 Å². The highest BCUT2D eigenvalue weighted by atomic mass is 16.5. The molecule has 2 bridgehead atoms. The quantitative estimate of drug-likeness (QED) is 0.481. The second-order valence-corrected chi connectivity index (χ2v) is 9.12. The van der Waals surface area contributed by atoms with Gasteiger partial charge in [-0.3, -0.25) is 9.97 Å². The van der Waals surface area contributed by atoms with E-state index in [2.05, 4.69) is 34.8 Å². The number of aliphatic hydroxyl groups is 1. The van der Waals surface area contributed by atoms with E-state index in [0.29, 0.717) is 11.8 Å². The number of nitrogens with zero attached hydrogens (tertiary/aromatic N) is 3. The van der Waals surface area contributed by atoms with Gasteiger partial charge in [0, 0.05) is 48.3 Å². The molecule has 31 heavy (non-hydrogen) atoms. The molecule has 5 nitrogen and oxygen atoms in total. The fraction of sp³-hybridized carbons (Fsp3) is 0.385. The van der Waals surface area contributed by atoms with E-state index in [9.17, 15) is 5.11 Å². The SMILES string of the molecule is C=CC1C[N+]2(Cc3ccncc3)CC[C@H]1CC2[C@H](O)c1ccnc2ccc(OC)cc12. The number of quaternary nitrogens is 1. The van der Waals surface area contributed by atoms with Gasteiger partial charge in [0.15, 0.2) is 0 Å². The van der Waals surface area contributed by atoms with Gasteiger partial charge in [0.1, 0.15) is 24.4 Å². The van der Waals surface area contributed by atoms with Crippen LogP contribution in [0.3, 0.4) is 0 Å². The van der Waals surface area contributed by atoms with Crippen molar-refractivity contribution in [1.29, 1.82) is 0 Å². The van der Waals surface area contributed by atoms with Crippen LogP contribution in [0.2, 0.25) is 0 Å². The van der Waals surface area contributed by atoms with E-state index in [1.165, 1.54) is 12.0 Å². The van der Waals surface area contributed by atoms with Gasteiger partial charge in [-0.1, -0.05) is 6.08 Å². The maximum atomic E-state index is 11.8. The molecule has 2 aromatic heterocycles. The summed E-state index contributed by atoms with van der Waals surface area (Å²) in [6.07, 6.45) is 9.31. The second kappa shape index (κ2) is 8.06. The molecule has 1 N–H and O–H groups in total. The first-order valence-corrected chi connectivity index (χ1v) is 11.1. The number of fused-ring (bicyclic) bond motifs is 4.